The molecule has 1 aliphatic rings. The molecule has 0 amide bonds. The van der Waals surface area contributed by atoms with Crippen LogP contribution in [-0.4, -0.2) is 39.9 Å². The van der Waals surface area contributed by atoms with Crippen LogP contribution in [0.1, 0.15) is 26.3 Å². The first-order chi connectivity index (χ1) is 11.7. The molecule has 1 aromatic rings. The van der Waals surface area contributed by atoms with Crippen LogP contribution in [0.25, 0.3) is 0 Å². The van der Waals surface area contributed by atoms with Crippen molar-refractivity contribution in [3.63, 3.8) is 0 Å². The SMILES string of the molecule is CC(C)(C)[Si](C)(C)O[C@H](C#N)[C@@H]1NCOC[C@@H]1OCc1ccccc1. The van der Waals surface area contributed by atoms with E-state index in [2.05, 4.69) is 45.3 Å². The summed E-state index contributed by atoms with van der Waals surface area (Å²) in [7, 11) is -2.05. The average Bonchev–Trinajstić information content (AvgIpc) is 2.58. The summed E-state index contributed by atoms with van der Waals surface area (Å²) in [6.45, 7) is 12.2. The molecule has 138 valence electrons. The summed E-state index contributed by atoms with van der Waals surface area (Å²) in [5.41, 5.74) is 1.10. The van der Waals surface area contributed by atoms with Gasteiger partial charge in [-0.05, 0) is 23.7 Å². The first-order valence-corrected chi connectivity index (χ1v) is 11.7. The molecular formula is C19H30N2O3Si. The monoisotopic (exact) mass is 362 g/mol. The highest BCUT2D eigenvalue weighted by Gasteiger charge is 2.43. The maximum atomic E-state index is 9.72. The van der Waals surface area contributed by atoms with Crippen molar-refractivity contribution >= 4 is 8.32 Å². The van der Waals surface area contributed by atoms with E-state index in [0.717, 1.165) is 5.56 Å². The fraction of sp³-hybridized carbons (Fsp3) is 0.632. The van der Waals surface area contributed by atoms with Crippen molar-refractivity contribution in [2.75, 3.05) is 13.3 Å². The van der Waals surface area contributed by atoms with E-state index in [1.807, 2.05) is 30.3 Å². The molecule has 0 aliphatic carbocycles. The second-order valence-corrected chi connectivity index (χ2v) is 12.8. The Morgan fingerprint density at radius 1 is 1.32 bits per heavy atom. The molecule has 5 nitrogen and oxygen atoms in total. The molecule has 2 rings (SSSR count). The zero-order valence-corrected chi connectivity index (χ0v) is 16.9. The number of rotatable bonds is 6. The predicted molar refractivity (Wildman–Crippen MR) is 100 cm³/mol. The number of nitriles is 1. The lowest BCUT2D eigenvalue weighted by molar-refractivity contribution is -0.0982. The normalized spacial score (nSPS) is 23.0. The minimum absolute atomic E-state index is 0.0493. The molecule has 0 spiro atoms. The lowest BCUT2D eigenvalue weighted by Gasteiger charge is -2.42. The van der Waals surface area contributed by atoms with Gasteiger partial charge in [-0.3, -0.25) is 5.32 Å². The Hall–Kier alpha value is -1.23. The van der Waals surface area contributed by atoms with Crippen molar-refractivity contribution in [1.29, 1.82) is 5.26 Å². The Morgan fingerprint density at radius 2 is 2.00 bits per heavy atom. The fourth-order valence-corrected chi connectivity index (χ4v) is 3.66. The van der Waals surface area contributed by atoms with E-state index in [-0.39, 0.29) is 17.2 Å². The first-order valence-electron chi connectivity index (χ1n) is 8.79. The van der Waals surface area contributed by atoms with Crippen LogP contribution < -0.4 is 5.32 Å². The van der Waals surface area contributed by atoms with E-state index < -0.39 is 14.4 Å². The van der Waals surface area contributed by atoms with Crippen LogP contribution in [0.3, 0.4) is 0 Å². The molecule has 0 saturated carbocycles. The summed E-state index contributed by atoms with van der Waals surface area (Å²) in [6.07, 6.45) is -0.770. The van der Waals surface area contributed by atoms with Gasteiger partial charge in [0.15, 0.2) is 14.4 Å². The largest absolute Gasteiger partial charge is 0.400 e. The van der Waals surface area contributed by atoms with Gasteiger partial charge >= 0.3 is 0 Å². The van der Waals surface area contributed by atoms with Crippen molar-refractivity contribution < 1.29 is 13.9 Å². The standard InChI is InChI=1S/C19H30N2O3Si/c1-19(2,3)25(4,5)24-16(11-20)18-17(13-22-14-21-18)23-12-15-9-7-6-8-10-15/h6-10,16-18,21H,12-14H2,1-5H3/t16-,17+,18+/m1/s1. The molecule has 1 saturated heterocycles. The average molecular weight is 363 g/mol. The van der Waals surface area contributed by atoms with Gasteiger partial charge in [0, 0.05) is 0 Å². The number of ether oxygens (including phenoxy) is 2. The Bertz CT molecular complexity index is 581. The van der Waals surface area contributed by atoms with Gasteiger partial charge in [-0.25, -0.2) is 0 Å². The second kappa shape index (κ2) is 8.43. The summed E-state index contributed by atoms with van der Waals surface area (Å²) in [4.78, 5) is 0. The third-order valence-corrected chi connectivity index (χ3v) is 9.55. The molecule has 1 fully saturated rings. The molecule has 1 aliphatic heterocycles. The third kappa shape index (κ3) is 5.37. The zero-order chi connectivity index (χ0) is 18.5. The second-order valence-electron chi connectivity index (χ2n) is 8.01. The molecular weight excluding hydrogens is 332 g/mol. The van der Waals surface area contributed by atoms with E-state index in [1.54, 1.807) is 0 Å². The van der Waals surface area contributed by atoms with Gasteiger partial charge in [0.2, 0.25) is 0 Å². The minimum atomic E-state index is -2.05. The Labute approximate surface area is 152 Å². The summed E-state index contributed by atoms with van der Waals surface area (Å²) in [5, 5.41) is 13.0. The maximum Gasteiger partial charge on any atom is 0.193 e. The summed E-state index contributed by atoms with van der Waals surface area (Å²) >= 11 is 0. The number of nitrogens with one attached hydrogen (secondary N) is 1. The third-order valence-electron chi connectivity index (χ3n) is 5.09. The van der Waals surface area contributed by atoms with Crippen molar-refractivity contribution in [2.45, 2.75) is 63.8 Å². The van der Waals surface area contributed by atoms with Crippen LogP contribution in [0.4, 0.5) is 0 Å². The van der Waals surface area contributed by atoms with E-state index in [1.165, 1.54) is 0 Å². The molecule has 1 N–H and O–H groups in total. The van der Waals surface area contributed by atoms with E-state index >= 15 is 0 Å². The molecule has 6 heteroatoms. The van der Waals surface area contributed by atoms with Crippen LogP contribution >= 0.6 is 0 Å². The molecule has 0 aromatic heterocycles. The van der Waals surface area contributed by atoms with Gasteiger partial charge in [-0.2, -0.15) is 5.26 Å². The van der Waals surface area contributed by atoms with Crippen molar-refractivity contribution in [3.05, 3.63) is 35.9 Å². The molecule has 0 unspecified atom stereocenters. The topological polar surface area (TPSA) is 63.5 Å². The van der Waals surface area contributed by atoms with Crippen molar-refractivity contribution in [1.82, 2.24) is 5.32 Å². The van der Waals surface area contributed by atoms with Crippen LogP contribution in [0.15, 0.2) is 30.3 Å². The van der Waals surface area contributed by atoms with E-state index in [9.17, 15) is 5.26 Å². The van der Waals surface area contributed by atoms with Crippen molar-refractivity contribution in [2.24, 2.45) is 0 Å². The van der Waals surface area contributed by atoms with E-state index in [4.69, 9.17) is 13.9 Å². The molecule has 0 radical (unpaired) electrons. The van der Waals surface area contributed by atoms with Gasteiger partial charge < -0.3 is 13.9 Å². The van der Waals surface area contributed by atoms with E-state index in [0.29, 0.717) is 19.9 Å². The highest BCUT2D eigenvalue weighted by atomic mass is 28.4. The Kier molecular flexibility index (Phi) is 6.77. The summed E-state index contributed by atoms with van der Waals surface area (Å²) in [6, 6.07) is 12.2. The van der Waals surface area contributed by atoms with Crippen LogP contribution in [0.2, 0.25) is 18.1 Å². The van der Waals surface area contributed by atoms with Crippen LogP contribution in [-0.2, 0) is 20.5 Å². The maximum absolute atomic E-state index is 9.72. The zero-order valence-electron chi connectivity index (χ0n) is 15.9. The number of benzene rings is 1. The molecule has 1 aromatic carbocycles. The Morgan fingerprint density at radius 3 is 2.60 bits per heavy atom. The molecule has 0 bridgehead atoms. The minimum Gasteiger partial charge on any atom is -0.400 e. The smallest absolute Gasteiger partial charge is 0.193 e. The van der Waals surface area contributed by atoms with Gasteiger partial charge in [0.25, 0.3) is 0 Å². The lowest BCUT2D eigenvalue weighted by Crippen LogP contribution is -2.59. The molecule has 25 heavy (non-hydrogen) atoms. The fourth-order valence-electron chi connectivity index (χ4n) is 2.47. The van der Waals surface area contributed by atoms with Crippen LogP contribution in [0, 0.1) is 11.3 Å². The van der Waals surface area contributed by atoms with Gasteiger partial charge in [0.05, 0.1) is 32.1 Å². The predicted octanol–water partition coefficient (Wildman–Crippen LogP) is 3.43. The lowest BCUT2D eigenvalue weighted by atomic mass is 10.1. The first kappa shape index (κ1) is 20.1. The van der Waals surface area contributed by atoms with Gasteiger partial charge in [-0.1, -0.05) is 51.1 Å². The molecule has 3 atom stereocenters. The number of hydrogen-bond acceptors (Lipinski definition) is 5. The van der Waals surface area contributed by atoms with Crippen LogP contribution in [0.5, 0.6) is 0 Å². The van der Waals surface area contributed by atoms with Crippen molar-refractivity contribution in [3.8, 4) is 6.07 Å². The summed E-state index contributed by atoms with van der Waals surface area (Å²) in [5.74, 6) is 0. The highest BCUT2D eigenvalue weighted by Crippen LogP contribution is 2.37. The summed E-state index contributed by atoms with van der Waals surface area (Å²) < 4.78 is 17.9. The number of nitrogens with zero attached hydrogens (tertiary/aromatic N) is 1. The Balaban J connectivity index is 2.05. The highest BCUT2D eigenvalue weighted by molar-refractivity contribution is 6.74. The van der Waals surface area contributed by atoms with Gasteiger partial charge in [0.1, 0.15) is 6.10 Å². The van der Waals surface area contributed by atoms with Gasteiger partial charge in [-0.15, -0.1) is 0 Å². The molecule has 1 heterocycles. The number of hydrogen-bond donors (Lipinski definition) is 1. The quantitative estimate of drug-likeness (QED) is 0.786.